The van der Waals surface area contributed by atoms with Gasteiger partial charge in [-0.25, -0.2) is 9.97 Å². The second-order valence-corrected chi connectivity index (χ2v) is 4.56. The highest BCUT2D eigenvalue weighted by Crippen LogP contribution is 2.32. The van der Waals surface area contributed by atoms with Crippen LogP contribution in [0.2, 0.25) is 0 Å². The number of hydrogen-bond acceptors (Lipinski definition) is 3. The molecular weight excluding hydrogens is 252 g/mol. The molecule has 5 nitrogen and oxygen atoms in total. The zero-order valence-corrected chi connectivity index (χ0v) is 10.4. The summed E-state index contributed by atoms with van der Waals surface area (Å²) in [5, 5.41) is 3.75. The lowest BCUT2D eigenvalue weighted by molar-refractivity contribution is -0.110. The Bertz CT molecular complexity index is 863. The SMILES string of the molecule is O=C1Nc2ncccc2C1=Cc1c[nH]c2ncccc12. The lowest BCUT2D eigenvalue weighted by Crippen LogP contribution is -2.04. The van der Waals surface area contributed by atoms with E-state index in [9.17, 15) is 4.79 Å². The Morgan fingerprint density at radius 1 is 1.10 bits per heavy atom. The van der Waals surface area contributed by atoms with Gasteiger partial charge in [0.15, 0.2) is 0 Å². The standard InChI is InChI=1S/C15H10N4O/c20-15-12(11-4-2-6-17-14(11)19-15)7-9-8-18-13-10(9)3-1-5-16-13/h1-8H,(H,16,18)(H,17,19,20). The summed E-state index contributed by atoms with van der Waals surface area (Å²) in [5.41, 5.74) is 3.20. The topological polar surface area (TPSA) is 70.7 Å². The van der Waals surface area contributed by atoms with Gasteiger partial charge in [0.1, 0.15) is 11.5 Å². The first-order valence-electron chi connectivity index (χ1n) is 6.23. The lowest BCUT2D eigenvalue weighted by atomic mass is 10.1. The summed E-state index contributed by atoms with van der Waals surface area (Å²) in [6, 6.07) is 7.56. The highest BCUT2D eigenvalue weighted by molar-refractivity contribution is 6.34. The van der Waals surface area contributed by atoms with Crippen LogP contribution in [0.5, 0.6) is 0 Å². The molecule has 0 unspecified atom stereocenters. The van der Waals surface area contributed by atoms with E-state index in [2.05, 4.69) is 20.3 Å². The van der Waals surface area contributed by atoms with Crippen molar-refractivity contribution in [2.45, 2.75) is 0 Å². The molecule has 4 rings (SSSR count). The van der Waals surface area contributed by atoms with Crippen LogP contribution in [0, 0.1) is 0 Å². The number of pyridine rings is 2. The van der Waals surface area contributed by atoms with Gasteiger partial charge in [0, 0.05) is 35.1 Å². The van der Waals surface area contributed by atoms with E-state index in [0.717, 1.165) is 22.2 Å². The molecule has 1 aliphatic heterocycles. The first kappa shape index (κ1) is 10.9. The molecule has 96 valence electrons. The maximum atomic E-state index is 12.0. The van der Waals surface area contributed by atoms with Gasteiger partial charge >= 0.3 is 0 Å². The number of carbonyl (C=O) groups excluding carboxylic acids is 1. The van der Waals surface area contributed by atoms with E-state index in [1.54, 1.807) is 12.4 Å². The number of aromatic nitrogens is 3. The van der Waals surface area contributed by atoms with E-state index < -0.39 is 0 Å². The Kier molecular flexibility index (Phi) is 2.20. The van der Waals surface area contributed by atoms with Gasteiger partial charge in [0.05, 0.1) is 5.57 Å². The number of rotatable bonds is 1. The smallest absolute Gasteiger partial charge is 0.257 e. The van der Waals surface area contributed by atoms with Gasteiger partial charge in [0.2, 0.25) is 0 Å². The van der Waals surface area contributed by atoms with Gasteiger partial charge in [-0.2, -0.15) is 0 Å². The highest BCUT2D eigenvalue weighted by atomic mass is 16.2. The minimum atomic E-state index is -0.128. The van der Waals surface area contributed by atoms with Crippen LogP contribution in [0.25, 0.3) is 22.7 Å². The van der Waals surface area contributed by atoms with Gasteiger partial charge < -0.3 is 10.3 Å². The molecule has 0 saturated carbocycles. The van der Waals surface area contributed by atoms with Crippen molar-refractivity contribution in [3.63, 3.8) is 0 Å². The molecule has 0 spiro atoms. The molecule has 0 aliphatic carbocycles. The second kappa shape index (κ2) is 4.03. The number of nitrogens with zero attached hydrogens (tertiary/aromatic N) is 2. The monoisotopic (exact) mass is 262 g/mol. The number of aromatic amines is 1. The third-order valence-electron chi connectivity index (χ3n) is 3.36. The minimum Gasteiger partial charge on any atom is -0.346 e. The summed E-state index contributed by atoms with van der Waals surface area (Å²) < 4.78 is 0. The van der Waals surface area contributed by atoms with Crippen LogP contribution in [0.4, 0.5) is 5.82 Å². The Hall–Kier alpha value is -2.95. The molecule has 0 aromatic carbocycles. The van der Waals surface area contributed by atoms with Gasteiger partial charge in [-0.1, -0.05) is 0 Å². The van der Waals surface area contributed by atoms with Crippen molar-refractivity contribution in [1.29, 1.82) is 0 Å². The quantitative estimate of drug-likeness (QED) is 0.662. The Balaban J connectivity index is 1.90. The molecule has 2 N–H and O–H groups in total. The number of anilines is 1. The third-order valence-corrected chi connectivity index (χ3v) is 3.36. The molecular formula is C15H10N4O. The van der Waals surface area contributed by atoms with Gasteiger partial charge in [-0.3, -0.25) is 4.79 Å². The molecule has 3 aromatic rings. The molecule has 4 heterocycles. The summed E-state index contributed by atoms with van der Waals surface area (Å²) in [4.78, 5) is 23.5. The molecule has 3 aromatic heterocycles. The summed E-state index contributed by atoms with van der Waals surface area (Å²) in [6.45, 7) is 0. The second-order valence-electron chi connectivity index (χ2n) is 4.56. The van der Waals surface area contributed by atoms with Gasteiger partial charge in [0.25, 0.3) is 5.91 Å². The maximum Gasteiger partial charge on any atom is 0.257 e. The molecule has 0 atom stereocenters. The molecule has 0 bridgehead atoms. The average molecular weight is 262 g/mol. The third kappa shape index (κ3) is 1.53. The Morgan fingerprint density at radius 2 is 1.95 bits per heavy atom. The summed E-state index contributed by atoms with van der Waals surface area (Å²) in [6.07, 6.45) is 7.12. The minimum absolute atomic E-state index is 0.128. The van der Waals surface area contributed by atoms with Crippen LogP contribution in [0.15, 0.2) is 42.9 Å². The number of H-pyrrole nitrogens is 1. The Labute approximate surface area is 114 Å². The fourth-order valence-electron chi connectivity index (χ4n) is 2.41. The van der Waals surface area contributed by atoms with E-state index in [0.29, 0.717) is 11.4 Å². The fraction of sp³-hybridized carbons (Fsp3) is 0. The number of hydrogen-bond donors (Lipinski definition) is 2. The fourth-order valence-corrected chi connectivity index (χ4v) is 2.41. The van der Waals surface area contributed by atoms with Crippen LogP contribution < -0.4 is 5.32 Å². The number of nitrogens with one attached hydrogen (secondary N) is 2. The normalized spacial score (nSPS) is 15.6. The lowest BCUT2D eigenvalue weighted by Gasteiger charge is -1.96. The molecule has 0 fully saturated rings. The summed E-state index contributed by atoms with van der Waals surface area (Å²) in [5.74, 6) is 0.485. The van der Waals surface area contributed by atoms with Crippen LogP contribution in [0.3, 0.4) is 0 Å². The van der Waals surface area contributed by atoms with Crippen LogP contribution in [-0.2, 0) is 4.79 Å². The molecule has 0 saturated heterocycles. The van der Waals surface area contributed by atoms with Crippen LogP contribution >= 0.6 is 0 Å². The zero-order valence-electron chi connectivity index (χ0n) is 10.4. The first-order valence-corrected chi connectivity index (χ1v) is 6.23. The Morgan fingerprint density at radius 3 is 2.90 bits per heavy atom. The van der Waals surface area contributed by atoms with Crippen molar-refractivity contribution in [1.82, 2.24) is 15.0 Å². The summed E-state index contributed by atoms with van der Waals surface area (Å²) >= 11 is 0. The first-order chi connectivity index (χ1) is 9.83. The van der Waals surface area contributed by atoms with Gasteiger partial charge in [-0.05, 0) is 30.3 Å². The largest absolute Gasteiger partial charge is 0.346 e. The van der Waals surface area contributed by atoms with Crippen molar-refractivity contribution in [3.8, 4) is 0 Å². The molecule has 0 radical (unpaired) electrons. The predicted octanol–water partition coefficient (Wildman–Crippen LogP) is 2.45. The molecule has 1 amide bonds. The number of carbonyl (C=O) groups is 1. The maximum absolute atomic E-state index is 12.0. The molecule has 5 heteroatoms. The van der Waals surface area contributed by atoms with Gasteiger partial charge in [-0.15, -0.1) is 0 Å². The zero-order chi connectivity index (χ0) is 13.5. The summed E-state index contributed by atoms with van der Waals surface area (Å²) in [7, 11) is 0. The van der Waals surface area contributed by atoms with Crippen molar-refractivity contribution >= 4 is 34.4 Å². The van der Waals surface area contributed by atoms with Crippen molar-refractivity contribution < 1.29 is 4.79 Å². The predicted molar refractivity (Wildman–Crippen MR) is 76.8 cm³/mol. The number of fused-ring (bicyclic) bond motifs is 2. The number of amides is 1. The van der Waals surface area contributed by atoms with E-state index in [4.69, 9.17) is 0 Å². The van der Waals surface area contributed by atoms with Crippen molar-refractivity contribution in [3.05, 3.63) is 54.0 Å². The van der Waals surface area contributed by atoms with Crippen molar-refractivity contribution in [2.75, 3.05) is 5.32 Å². The highest BCUT2D eigenvalue weighted by Gasteiger charge is 2.24. The average Bonchev–Trinajstić information content (AvgIpc) is 3.02. The van der Waals surface area contributed by atoms with Crippen molar-refractivity contribution in [2.24, 2.45) is 0 Å². The van der Waals surface area contributed by atoms with Crippen LogP contribution in [-0.4, -0.2) is 20.9 Å². The van der Waals surface area contributed by atoms with Crippen LogP contribution in [0.1, 0.15) is 11.1 Å². The molecule has 1 aliphatic rings. The van der Waals surface area contributed by atoms with E-state index in [1.165, 1.54) is 0 Å². The van der Waals surface area contributed by atoms with E-state index >= 15 is 0 Å². The van der Waals surface area contributed by atoms with E-state index in [1.807, 2.05) is 36.5 Å². The van der Waals surface area contributed by atoms with E-state index in [-0.39, 0.29) is 5.91 Å². The molecule has 20 heavy (non-hydrogen) atoms.